The van der Waals surface area contributed by atoms with Crippen LogP contribution < -0.4 is 10.6 Å². The molecule has 2 rings (SSSR count). The Hall–Kier alpha value is -2.41. The number of imide groups is 1. The van der Waals surface area contributed by atoms with E-state index in [0.717, 1.165) is 24.9 Å². The molecule has 0 spiro atoms. The van der Waals surface area contributed by atoms with E-state index >= 15 is 0 Å². The third-order valence-corrected chi connectivity index (χ3v) is 4.18. The monoisotopic (exact) mass is 347 g/mol. The van der Waals surface area contributed by atoms with E-state index in [-0.39, 0.29) is 6.04 Å². The fourth-order valence-electron chi connectivity index (χ4n) is 2.95. The predicted molar refractivity (Wildman–Crippen MR) is 92.8 cm³/mol. The summed E-state index contributed by atoms with van der Waals surface area (Å²) < 4.78 is 5.11. The number of hydrogen-bond donors (Lipinski definition) is 2. The summed E-state index contributed by atoms with van der Waals surface area (Å²) in [5, 5.41) is 4.33. The highest BCUT2D eigenvalue weighted by molar-refractivity contribution is 5.95. The van der Waals surface area contributed by atoms with Crippen molar-refractivity contribution in [2.24, 2.45) is 0 Å². The standard InChI is InChI=1S/C18H25N3O4/c1-13-6-5-7-14(10-13)11-21-9-4-3-8-15(21)17(23)25-12-16(22)20-18(24)19-2/h5-7,10,15H,3-4,8-9,11-12H2,1-2H3,(H2,19,20,22,24)/t15-/m0/s1. The highest BCUT2D eigenvalue weighted by Crippen LogP contribution is 2.21. The Morgan fingerprint density at radius 2 is 2.08 bits per heavy atom. The first-order chi connectivity index (χ1) is 12.0. The summed E-state index contributed by atoms with van der Waals surface area (Å²) in [6, 6.07) is 7.21. The molecule has 0 aromatic heterocycles. The summed E-state index contributed by atoms with van der Waals surface area (Å²) in [5.74, 6) is -1.06. The second-order valence-electron chi connectivity index (χ2n) is 6.21. The maximum absolute atomic E-state index is 12.4. The summed E-state index contributed by atoms with van der Waals surface area (Å²) in [6.45, 7) is 3.07. The maximum atomic E-state index is 12.4. The van der Waals surface area contributed by atoms with Crippen molar-refractivity contribution < 1.29 is 19.1 Å². The Bertz CT molecular complexity index is 633. The van der Waals surface area contributed by atoms with Crippen LogP contribution >= 0.6 is 0 Å². The molecule has 1 aromatic rings. The van der Waals surface area contributed by atoms with Crippen LogP contribution in [-0.4, -0.2) is 49.0 Å². The van der Waals surface area contributed by atoms with Crippen LogP contribution in [0, 0.1) is 6.92 Å². The first-order valence-corrected chi connectivity index (χ1v) is 8.47. The lowest BCUT2D eigenvalue weighted by molar-refractivity contribution is -0.155. The van der Waals surface area contributed by atoms with Gasteiger partial charge in [-0.05, 0) is 31.9 Å². The Labute approximate surface area is 147 Å². The van der Waals surface area contributed by atoms with Crippen molar-refractivity contribution in [3.8, 4) is 0 Å². The van der Waals surface area contributed by atoms with Gasteiger partial charge >= 0.3 is 12.0 Å². The molecule has 0 bridgehead atoms. The highest BCUT2D eigenvalue weighted by Gasteiger charge is 2.30. The highest BCUT2D eigenvalue weighted by atomic mass is 16.5. The number of ether oxygens (including phenoxy) is 1. The van der Waals surface area contributed by atoms with Gasteiger partial charge in [-0.2, -0.15) is 0 Å². The minimum atomic E-state index is -0.645. The third kappa shape index (κ3) is 5.86. The van der Waals surface area contributed by atoms with Gasteiger partial charge in [0.25, 0.3) is 5.91 Å². The molecule has 3 amide bonds. The average molecular weight is 347 g/mol. The molecule has 0 radical (unpaired) electrons. The maximum Gasteiger partial charge on any atom is 0.323 e. The normalized spacial score (nSPS) is 17.6. The van der Waals surface area contributed by atoms with Crippen LogP contribution in [0.4, 0.5) is 4.79 Å². The van der Waals surface area contributed by atoms with Gasteiger partial charge in [0.15, 0.2) is 6.61 Å². The third-order valence-electron chi connectivity index (χ3n) is 4.18. The van der Waals surface area contributed by atoms with Crippen LogP contribution in [-0.2, 0) is 20.9 Å². The number of benzene rings is 1. The molecule has 1 aromatic carbocycles. The molecule has 1 fully saturated rings. The minimum Gasteiger partial charge on any atom is -0.454 e. The average Bonchev–Trinajstić information content (AvgIpc) is 2.60. The van der Waals surface area contributed by atoms with Gasteiger partial charge in [-0.1, -0.05) is 36.2 Å². The van der Waals surface area contributed by atoms with Crippen LogP contribution in [0.15, 0.2) is 24.3 Å². The SMILES string of the molecule is CNC(=O)NC(=O)COC(=O)[C@@H]1CCCCN1Cc1cccc(C)c1. The lowest BCUT2D eigenvalue weighted by Crippen LogP contribution is -2.46. The Balaban J connectivity index is 1.91. The van der Waals surface area contributed by atoms with Gasteiger partial charge in [0.05, 0.1) is 0 Å². The number of carbonyl (C=O) groups excluding carboxylic acids is 3. The van der Waals surface area contributed by atoms with Gasteiger partial charge in [-0.3, -0.25) is 19.8 Å². The zero-order valence-corrected chi connectivity index (χ0v) is 14.7. The fraction of sp³-hybridized carbons (Fsp3) is 0.500. The van der Waals surface area contributed by atoms with Crippen LogP contribution in [0.25, 0.3) is 0 Å². The first kappa shape index (κ1) is 18.9. The van der Waals surface area contributed by atoms with Crippen molar-refractivity contribution in [3.63, 3.8) is 0 Å². The zero-order valence-electron chi connectivity index (χ0n) is 14.7. The number of hydrogen-bond acceptors (Lipinski definition) is 5. The molecule has 25 heavy (non-hydrogen) atoms. The first-order valence-electron chi connectivity index (χ1n) is 8.47. The van der Waals surface area contributed by atoms with Gasteiger partial charge in [0, 0.05) is 13.6 Å². The van der Waals surface area contributed by atoms with Gasteiger partial charge in [0.2, 0.25) is 0 Å². The Morgan fingerprint density at radius 1 is 1.28 bits per heavy atom. The van der Waals surface area contributed by atoms with E-state index in [0.29, 0.717) is 13.0 Å². The Morgan fingerprint density at radius 3 is 2.80 bits per heavy atom. The molecule has 1 aliphatic rings. The molecule has 2 N–H and O–H groups in total. The van der Waals surface area contributed by atoms with Crippen molar-refractivity contribution in [1.29, 1.82) is 0 Å². The van der Waals surface area contributed by atoms with Crippen LogP contribution in [0.2, 0.25) is 0 Å². The van der Waals surface area contributed by atoms with Crippen molar-refractivity contribution in [2.45, 2.75) is 38.8 Å². The minimum absolute atomic E-state index is 0.359. The molecule has 1 atom stereocenters. The molecule has 1 aliphatic heterocycles. The number of nitrogens with one attached hydrogen (secondary N) is 2. The van der Waals surface area contributed by atoms with Gasteiger partial charge < -0.3 is 10.1 Å². The zero-order chi connectivity index (χ0) is 18.2. The molecule has 7 nitrogen and oxygen atoms in total. The van der Waals surface area contributed by atoms with Gasteiger partial charge in [-0.15, -0.1) is 0 Å². The molecule has 0 saturated carbocycles. The van der Waals surface area contributed by atoms with E-state index in [4.69, 9.17) is 4.74 Å². The van der Waals surface area contributed by atoms with Crippen LogP contribution in [0.1, 0.15) is 30.4 Å². The summed E-state index contributed by atoms with van der Waals surface area (Å²) >= 11 is 0. The second kappa shape index (κ2) is 9.17. The molecule has 136 valence electrons. The number of aryl methyl sites for hydroxylation is 1. The Kier molecular flexibility index (Phi) is 6.94. The summed E-state index contributed by atoms with van der Waals surface area (Å²) in [4.78, 5) is 37.1. The second-order valence-corrected chi connectivity index (χ2v) is 6.21. The summed E-state index contributed by atoms with van der Waals surface area (Å²) in [5.41, 5.74) is 2.33. The van der Waals surface area contributed by atoms with Crippen molar-refractivity contribution >= 4 is 17.9 Å². The molecular weight excluding hydrogens is 322 g/mol. The van der Waals surface area contributed by atoms with E-state index in [1.807, 2.05) is 25.1 Å². The van der Waals surface area contributed by atoms with E-state index in [1.165, 1.54) is 12.6 Å². The van der Waals surface area contributed by atoms with Crippen molar-refractivity contribution in [1.82, 2.24) is 15.5 Å². The van der Waals surface area contributed by atoms with E-state index in [9.17, 15) is 14.4 Å². The molecule has 0 unspecified atom stereocenters. The smallest absolute Gasteiger partial charge is 0.323 e. The van der Waals surface area contributed by atoms with Gasteiger partial charge in [-0.25, -0.2) is 4.79 Å². The lowest BCUT2D eigenvalue weighted by Gasteiger charge is -2.34. The summed E-state index contributed by atoms with van der Waals surface area (Å²) in [7, 11) is 1.40. The number of esters is 1. The van der Waals surface area contributed by atoms with E-state index < -0.39 is 24.5 Å². The number of piperidine rings is 1. The molecular formula is C18H25N3O4. The van der Waals surface area contributed by atoms with Crippen LogP contribution in [0.5, 0.6) is 0 Å². The summed E-state index contributed by atoms with van der Waals surface area (Å²) in [6.07, 6.45) is 2.70. The number of carbonyl (C=O) groups is 3. The largest absolute Gasteiger partial charge is 0.454 e. The quantitative estimate of drug-likeness (QED) is 0.785. The molecule has 7 heteroatoms. The molecule has 1 heterocycles. The van der Waals surface area contributed by atoms with Crippen molar-refractivity contribution in [3.05, 3.63) is 35.4 Å². The van der Waals surface area contributed by atoms with E-state index in [2.05, 4.69) is 21.6 Å². The molecule has 0 aliphatic carbocycles. The topological polar surface area (TPSA) is 87.7 Å². The van der Waals surface area contributed by atoms with Crippen molar-refractivity contribution in [2.75, 3.05) is 20.2 Å². The number of amides is 3. The predicted octanol–water partition coefficient (Wildman–Crippen LogP) is 1.35. The number of likely N-dealkylation sites (tertiary alicyclic amines) is 1. The fourth-order valence-corrected chi connectivity index (χ4v) is 2.95. The number of urea groups is 1. The van der Waals surface area contributed by atoms with Gasteiger partial charge in [0.1, 0.15) is 6.04 Å². The number of rotatable bonds is 5. The van der Waals surface area contributed by atoms with Crippen LogP contribution in [0.3, 0.4) is 0 Å². The lowest BCUT2D eigenvalue weighted by atomic mass is 10.0. The molecule has 1 saturated heterocycles. The number of nitrogens with zero attached hydrogens (tertiary/aromatic N) is 1. The van der Waals surface area contributed by atoms with E-state index in [1.54, 1.807) is 0 Å².